The molecule has 1 amide bonds. The summed E-state index contributed by atoms with van der Waals surface area (Å²) in [6, 6.07) is 7.60. The van der Waals surface area contributed by atoms with Crippen LogP contribution in [0.4, 0.5) is 0 Å². The van der Waals surface area contributed by atoms with Crippen molar-refractivity contribution in [3.05, 3.63) is 36.4 Å². The predicted octanol–water partition coefficient (Wildman–Crippen LogP) is 1.53. The number of rotatable bonds is 4. The van der Waals surface area contributed by atoms with Crippen molar-refractivity contribution in [3.63, 3.8) is 0 Å². The summed E-state index contributed by atoms with van der Waals surface area (Å²) in [5.41, 5.74) is 1.50. The minimum absolute atomic E-state index is 0.114. The highest BCUT2D eigenvalue weighted by Crippen LogP contribution is 2.18. The van der Waals surface area contributed by atoms with Crippen molar-refractivity contribution in [2.45, 2.75) is 19.4 Å². The third-order valence-corrected chi connectivity index (χ3v) is 2.85. The standard InChI is InChI=1S/C14H18N2O2/c1-10(16-11(2)17)12-3-5-13(6-4-12)18-14-7-8-15-9-14/h3-6,14-15H,1,7-9H2,2H3,(H,16,17). The van der Waals surface area contributed by atoms with Crippen molar-refractivity contribution < 1.29 is 9.53 Å². The monoisotopic (exact) mass is 246 g/mol. The first-order valence-corrected chi connectivity index (χ1v) is 6.09. The number of hydrogen-bond donors (Lipinski definition) is 2. The Kier molecular flexibility index (Phi) is 3.99. The van der Waals surface area contributed by atoms with Gasteiger partial charge >= 0.3 is 0 Å². The molecule has 1 aromatic carbocycles. The molecule has 1 unspecified atom stereocenters. The minimum atomic E-state index is -0.114. The van der Waals surface area contributed by atoms with Crippen molar-refractivity contribution in [3.8, 4) is 5.75 Å². The van der Waals surface area contributed by atoms with E-state index in [1.165, 1.54) is 6.92 Å². The second kappa shape index (κ2) is 5.69. The summed E-state index contributed by atoms with van der Waals surface area (Å²) in [6.07, 6.45) is 1.30. The van der Waals surface area contributed by atoms with Crippen molar-refractivity contribution in [2.75, 3.05) is 13.1 Å². The molecule has 4 heteroatoms. The van der Waals surface area contributed by atoms with Gasteiger partial charge in [0.25, 0.3) is 0 Å². The van der Waals surface area contributed by atoms with Crippen LogP contribution in [-0.2, 0) is 4.79 Å². The van der Waals surface area contributed by atoms with E-state index >= 15 is 0 Å². The normalized spacial score (nSPS) is 18.4. The van der Waals surface area contributed by atoms with Crippen LogP contribution in [0.2, 0.25) is 0 Å². The van der Waals surface area contributed by atoms with E-state index in [-0.39, 0.29) is 12.0 Å². The highest BCUT2D eigenvalue weighted by Gasteiger charge is 2.15. The van der Waals surface area contributed by atoms with Crippen LogP contribution in [0.3, 0.4) is 0 Å². The molecule has 1 aliphatic heterocycles. The summed E-state index contributed by atoms with van der Waals surface area (Å²) in [7, 11) is 0. The summed E-state index contributed by atoms with van der Waals surface area (Å²) in [6.45, 7) is 7.20. The van der Waals surface area contributed by atoms with Crippen LogP contribution in [0.15, 0.2) is 30.8 Å². The molecule has 2 rings (SSSR count). The third kappa shape index (κ3) is 3.34. The smallest absolute Gasteiger partial charge is 0.221 e. The number of ether oxygens (including phenoxy) is 1. The lowest BCUT2D eigenvalue weighted by atomic mass is 10.1. The maximum atomic E-state index is 10.9. The molecule has 1 fully saturated rings. The SMILES string of the molecule is C=C(NC(C)=O)c1ccc(OC2CCNC2)cc1. The van der Waals surface area contributed by atoms with Gasteiger partial charge < -0.3 is 15.4 Å². The lowest BCUT2D eigenvalue weighted by Crippen LogP contribution is -2.19. The Morgan fingerprint density at radius 1 is 1.44 bits per heavy atom. The number of benzene rings is 1. The van der Waals surface area contributed by atoms with Gasteiger partial charge in [0.1, 0.15) is 11.9 Å². The molecule has 0 spiro atoms. The van der Waals surface area contributed by atoms with Crippen LogP contribution in [0.1, 0.15) is 18.9 Å². The Morgan fingerprint density at radius 2 is 2.17 bits per heavy atom. The first kappa shape index (κ1) is 12.6. The average Bonchev–Trinajstić information content (AvgIpc) is 2.82. The quantitative estimate of drug-likeness (QED) is 0.847. The van der Waals surface area contributed by atoms with Gasteiger partial charge in [-0.1, -0.05) is 6.58 Å². The lowest BCUT2D eigenvalue weighted by molar-refractivity contribution is -0.117. The molecular formula is C14H18N2O2. The molecule has 0 saturated carbocycles. The maximum absolute atomic E-state index is 10.9. The Morgan fingerprint density at radius 3 is 2.72 bits per heavy atom. The summed E-state index contributed by atoms with van der Waals surface area (Å²) in [5.74, 6) is 0.737. The summed E-state index contributed by atoms with van der Waals surface area (Å²) in [4.78, 5) is 10.9. The van der Waals surface area contributed by atoms with Gasteiger partial charge in [-0.3, -0.25) is 4.79 Å². The highest BCUT2D eigenvalue weighted by atomic mass is 16.5. The zero-order valence-electron chi connectivity index (χ0n) is 10.5. The minimum Gasteiger partial charge on any atom is -0.489 e. The van der Waals surface area contributed by atoms with Crippen molar-refractivity contribution in [2.24, 2.45) is 0 Å². The van der Waals surface area contributed by atoms with Crippen LogP contribution in [0.25, 0.3) is 5.70 Å². The van der Waals surface area contributed by atoms with Gasteiger partial charge in [-0.2, -0.15) is 0 Å². The van der Waals surface area contributed by atoms with E-state index in [0.717, 1.165) is 30.8 Å². The van der Waals surface area contributed by atoms with Gasteiger partial charge in [-0.15, -0.1) is 0 Å². The van der Waals surface area contributed by atoms with Gasteiger partial charge in [-0.05, 0) is 42.8 Å². The van der Waals surface area contributed by atoms with E-state index < -0.39 is 0 Å². The number of nitrogens with one attached hydrogen (secondary N) is 2. The van der Waals surface area contributed by atoms with Crippen molar-refractivity contribution >= 4 is 11.6 Å². The fourth-order valence-corrected chi connectivity index (χ4v) is 1.94. The van der Waals surface area contributed by atoms with E-state index in [1.54, 1.807) is 0 Å². The Balaban J connectivity index is 1.96. The van der Waals surface area contributed by atoms with Gasteiger partial charge in [0, 0.05) is 19.2 Å². The average molecular weight is 246 g/mol. The predicted molar refractivity (Wildman–Crippen MR) is 71.2 cm³/mol. The molecule has 1 aliphatic rings. The number of hydrogen-bond acceptors (Lipinski definition) is 3. The molecule has 1 heterocycles. The fourth-order valence-electron chi connectivity index (χ4n) is 1.94. The van der Waals surface area contributed by atoms with E-state index in [9.17, 15) is 4.79 Å². The van der Waals surface area contributed by atoms with E-state index in [2.05, 4.69) is 17.2 Å². The molecule has 2 N–H and O–H groups in total. The zero-order valence-corrected chi connectivity index (χ0v) is 10.5. The van der Waals surface area contributed by atoms with Gasteiger partial charge in [0.05, 0.1) is 0 Å². The second-order valence-corrected chi connectivity index (χ2v) is 4.42. The molecule has 1 aromatic rings. The van der Waals surface area contributed by atoms with Gasteiger partial charge in [-0.25, -0.2) is 0 Å². The summed E-state index contributed by atoms with van der Waals surface area (Å²) < 4.78 is 5.81. The maximum Gasteiger partial charge on any atom is 0.221 e. The first-order valence-electron chi connectivity index (χ1n) is 6.09. The number of amides is 1. The fraction of sp³-hybridized carbons (Fsp3) is 0.357. The number of carbonyl (C=O) groups is 1. The topological polar surface area (TPSA) is 50.4 Å². The van der Waals surface area contributed by atoms with Crippen LogP contribution >= 0.6 is 0 Å². The molecule has 0 aromatic heterocycles. The Labute approximate surface area is 107 Å². The lowest BCUT2D eigenvalue weighted by Gasteiger charge is -2.13. The Hall–Kier alpha value is -1.81. The molecule has 1 saturated heterocycles. The molecule has 0 radical (unpaired) electrons. The molecule has 0 bridgehead atoms. The molecule has 0 aliphatic carbocycles. The summed E-state index contributed by atoms with van der Waals surface area (Å²) >= 11 is 0. The Bertz CT molecular complexity index is 434. The van der Waals surface area contributed by atoms with Crippen LogP contribution in [0, 0.1) is 0 Å². The molecular weight excluding hydrogens is 228 g/mol. The number of carbonyl (C=O) groups excluding carboxylic acids is 1. The molecule has 96 valence electrons. The van der Waals surface area contributed by atoms with Crippen molar-refractivity contribution in [1.29, 1.82) is 0 Å². The highest BCUT2D eigenvalue weighted by molar-refractivity contribution is 5.84. The van der Waals surface area contributed by atoms with Crippen molar-refractivity contribution in [1.82, 2.24) is 10.6 Å². The summed E-state index contributed by atoms with van der Waals surface area (Å²) in [5, 5.41) is 5.92. The third-order valence-electron chi connectivity index (χ3n) is 2.85. The van der Waals surface area contributed by atoms with E-state index in [4.69, 9.17) is 4.74 Å². The molecule has 18 heavy (non-hydrogen) atoms. The molecule has 4 nitrogen and oxygen atoms in total. The van der Waals surface area contributed by atoms with Gasteiger partial charge in [0.15, 0.2) is 0 Å². The van der Waals surface area contributed by atoms with Crippen LogP contribution in [0.5, 0.6) is 5.75 Å². The van der Waals surface area contributed by atoms with E-state index in [1.807, 2.05) is 24.3 Å². The largest absolute Gasteiger partial charge is 0.489 e. The van der Waals surface area contributed by atoms with Crippen LogP contribution < -0.4 is 15.4 Å². The van der Waals surface area contributed by atoms with Crippen LogP contribution in [-0.4, -0.2) is 25.1 Å². The van der Waals surface area contributed by atoms with Gasteiger partial charge in [0.2, 0.25) is 5.91 Å². The second-order valence-electron chi connectivity index (χ2n) is 4.42. The van der Waals surface area contributed by atoms with E-state index in [0.29, 0.717) is 5.70 Å². The zero-order chi connectivity index (χ0) is 13.0. The first-order chi connectivity index (χ1) is 8.65. The molecule has 1 atom stereocenters.